The highest BCUT2D eigenvalue weighted by molar-refractivity contribution is 5.96. The van der Waals surface area contributed by atoms with Crippen molar-refractivity contribution >= 4 is 28.4 Å². The van der Waals surface area contributed by atoms with Crippen LogP contribution >= 0.6 is 0 Å². The molecule has 0 fully saturated rings. The topological polar surface area (TPSA) is 123 Å². The summed E-state index contributed by atoms with van der Waals surface area (Å²) in [7, 11) is 3.21. The number of aryl methyl sites for hydroxylation is 1. The van der Waals surface area contributed by atoms with Gasteiger partial charge in [0.05, 0.1) is 29.5 Å². The highest BCUT2D eigenvalue weighted by atomic mass is 19.1. The van der Waals surface area contributed by atoms with Gasteiger partial charge in [-0.3, -0.25) is 14.4 Å². The number of carbonyl (C=O) groups is 2. The number of anilines is 1. The van der Waals surface area contributed by atoms with Crippen LogP contribution in [0.15, 0.2) is 77.7 Å². The van der Waals surface area contributed by atoms with E-state index in [1.54, 1.807) is 88.7 Å². The number of pyridine rings is 1. The number of nitrogens with one attached hydrogen (secondary N) is 3. The minimum Gasteiger partial charge on any atom is -0.355 e. The van der Waals surface area contributed by atoms with Crippen LogP contribution in [0.25, 0.3) is 28.0 Å². The Kier molecular flexibility index (Phi) is 7.94. The summed E-state index contributed by atoms with van der Waals surface area (Å²) in [5.74, 6) is 0.0954. The number of likely N-dealkylation sites (N-methyl/N-ethyl adjacent to an activating group) is 1. The van der Waals surface area contributed by atoms with Crippen molar-refractivity contribution in [3.05, 3.63) is 106 Å². The van der Waals surface area contributed by atoms with Crippen molar-refractivity contribution < 1.29 is 14.0 Å². The molecular weight excluding hydrogens is 537 g/mol. The molecule has 214 valence electrons. The normalized spacial score (nSPS) is 11.8. The predicted molar refractivity (Wildman–Crippen MR) is 159 cm³/mol. The van der Waals surface area contributed by atoms with Gasteiger partial charge in [0.2, 0.25) is 5.91 Å². The average molecular weight is 568 g/mol. The van der Waals surface area contributed by atoms with E-state index in [9.17, 15) is 18.8 Å². The summed E-state index contributed by atoms with van der Waals surface area (Å²) in [5.41, 5.74) is 2.59. The van der Waals surface area contributed by atoms with Gasteiger partial charge in [0.1, 0.15) is 23.1 Å². The quantitative estimate of drug-likeness (QED) is 0.263. The number of rotatable bonds is 8. The van der Waals surface area contributed by atoms with Gasteiger partial charge in [-0.15, -0.1) is 0 Å². The van der Waals surface area contributed by atoms with Crippen LogP contribution in [0.2, 0.25) is 0 Å². The van der Waals surface area contributed by atoms with Crippen molar-refractivity contribution in [2.75, 3.05) is 19.4 Å². The standard InChI is InChI=1S/C31H30FN7O3/c1-18(33-3)29(40)37-25-9-11-27(20-6-5-7-22(14-20)30(41)34-4)39(31(25)42)17-24-16-28(36-19(2)35-24)38-13-12-21-15-23(32)8-10-26(21)38/h5-16,18,33H,17H2,1-4H3,(H,34,41)(H,37,40). The molecule has 0 aliphatic carbocycles. The molecule has 0 radical (unpaired) electrons. The average Bonchev–Trinajstić information content (AvgIpc) is 3.41. The molecule has 10 nitrogen and oxygen atoms in total. The molecule has 0 saturated carbocycles. The molecule has 5 rings (SSSR count). The molecule has 3 heterocycles. The number of aromatic nitrogens is 4. The third-order valence-corrected chi connectivity index (χ3v) is 7.00. The van der Waals surface area contributed by atoms with Crippen LogP contribution in [0.5, 0.6) is 0 Å². The van der Waals surface area contributed by atoms with Gasteiger partial charge in [-0.1, -0.05) is 12.1 Å². The molecule has 42 heavy (non-hydrogen) atoms. The zero-order valence-electron chi connectivity index (χ0n) is 23.6. The minimum atomic E-state index is -0.515. The lowest BCUT2D eigenvalue weighted by atomic mass is 10.1. The number of nitrogens with zero attached hydrogens (tertiary/aromatic N) is 4. The Morgan fingerprint density at radius 1 is 1.00 bits per heavy atom. The molecule has 2 amide bonds. The molecule has 3 aromatic heterocycles. The van der Waals surface area contributed by atoms with Crippen LogP contribution in [-0.4, -0.2) is 51.1 Å². The number of hydrogen-bond acceptors (Lipinski definition) is 6. The molecule has 0 aliphatic heterocycles. The maximum absolute atomic E-state index is 13.9. The Bertz CT molecular complexity index is 1880. The number of amides is 2. The summed E-state index contributed by atoms with van der Waals surface area (Å²) >= 11 is 0. The molecule has 1 unspecified atom stereocenters. The number of carbonyl (C=O) groups excluding carboxylic acids is 2. The number of hydrogen-bond donors (Lipinski definition) is 3. The van der Waals surface area contributed by atoms with Crippen LogP contribution in [0.1, 0.15) is 28.8 Å². The van der Waals surface area contributed by atoms with Crippen molar-refractivity contribution in [1.29, 1.82) is 0 Å². The summed E-state index contributed by atoms with van der Waals surface area (Å²) in [6.45, 7) is 3.50. The molecule has 0 saturated heterocycles. The highest BCUT2D eigenvalue weighted by Crippen LogP contribution is 2.24. The molecule has 0 spiro atoms. The number of halogens is 1. The lowest BCUT2D eigenvalue weighted by molar-refractivity contribution is -0.117. The summed E-state index contributed by atoms with van der Waals surface area (Å²) in [6.07, 6.45) is 1.80. The van der Waals surface area contributed by atoms with E-state index in [2.05, 4.69) is 25.9 Å². The lowest BCUT2D eigenvalue weighted by Crippen LogP contribution is -2.37. The first-order valence-corrected chi connectivity index (χ1v) is 13.3. The maximum Gasteiger partial charge on any atom is 0.275 e. The second kappa shape index (κ2) is 11.8. The van der Waals surface area contributed by atoms with Crippen molar-refractivity contribution in [2.24, 2.45) is 0 Å². The fraction of sp³-hybridized carbons (Fsp3) is 0.194. The van der Waals surface area contributed by atoms with Gasteiger partial charge in [0.25, 0.3) is 11.5 Å². The molecule has 2 aromatic carbocycles. The van der Waals surface area contributed by atoms with E-state index in [0.29, 0.717) is 34.2 Å². The predicted octanol–water partition coefficient (Wildman–Crippen LogP) is 3.65. The van der Waals surface area contributed by atoms with E-state index in [-0.39, 0.29) is 29.9 Å². The molecule has 0 aliphatic rings. The largest absolute Gasteiger partial charge is 0.355 e. The Morgan fingerprint density at radius 2 is 1.81 bits per heavy atom. The summed E-state index contributed by atoms with van der Waals surface area (Å²) < 4.78 is 17.1. The van der Waals surface area contributed by atoms with Crippen molar-refractivity contribution in [1.82, 2.24) is 29.7 Å². The van der Waals surface area contributed by atoms with Gasteiger partial charge in [0, 0.05) is 30.3 Å². The summed E-state index contributed by atoms with van der Waals surface area (Å²) in [4.78, 5) is 48.0. The van der Waals surface area contributed by atoms with E-state index in [1.807, 2.05) is 4.57 Å². The number of fused-ring (bicyclic) bond motifs is 1. The smallest absolute Gasteiger partial charge is 0.275 e. The first-order valence-electron chi connectivity index (χ1n) is 13.3. The van der Waals surface area contributed by atoms with Gasteiger partial charge in [-0.05, 0) is 75.0 Å². The zero-order valence-corrected chi connectivity index (χ0v) is 23.6. The van der Waals surface area contributed by atoms with E-state index < -0.39 is 11.6 Å². The van der Waals surface area contributed by atoms with E-state index >= 15 is 0 Å². The van der Waals surface area contributed by atoms with Crippen LogP contribution in [0.4, 0.5) is 10.1 Å². The monoisotopic (exact) mass is 567 g/mol. The summed E-state index contributed by atoms with van der Waals surface area (Å²) in [6, 6.07) is 17.8. The second-order valence-corrected chi connectivity index (χ2v) is 9.84. The fourth-order valence-corrected chi connectivity index (χ4v) is 4.71. The van der Waals surface area contributed by atoms with Crippen LogP contribution < -0.4 is 21.5 Å². The Labute approximate surface area is 241 Å². The number of benzene rings is 2. The first kappa shape index (κ1) is 28.4. The Morgan fingerprint density at radius 3 is 2.57 bits per heavy atom. The Balaban J connectivity index is 1.62. The second-order valence-electron chi connectivity index (χ2n) is 9.84. The lowest BCUT2D eigenvalue weighted by Gasteiger charge is -2.17. The molecule has 3 N–H and O–H groups in total. The van der Waals surface area contributed by atoms with E-state index in [4.69, 9.17) is 0 Å². The summed E-state index contributed by atoms with van der Waals surface area (Å²) in [5, 5.41) is 8.91. The van der Waals surface area contributed by atoms with E-state index in [0.717, 1.165) is 10.9 Å². The SMILES string of the molecule is CNC(=O)c1cccc(-c2ccc(NC(=O)C(C)NC)c(=O)n2Cc2cc(-n3ccc4cc(F)ccc43)nc(C)n2)c1. The maximum atomic E-state index is 13.9. The third-order valence-electron chi connectivity index (χ3n) is 7.00. The van der Waals surface area contributed by atoms with Gasteiger partial charge in [0.15, 0.2) is 0 Å². The molecular formula is C31H30FN7O3. The van der Waals surface area contributed by atoms with E-state index in [1.165, 1.54) is 16.7 Å². The zero-order chi connectivity index (χ0) is 30.0. The molecule has 5 aromatic rings. The van der Waals surface area contributed by atoms with Crippen LogP contribution in [-0.2, 0) is 11.3 Å². The van der Waals surface area contributed by atoms with Crippen molar-refractivity contribution in [3.8, 4) is 17.1 Å². The molecule has 11 heteroatoms. The van der Waals surface area contributed by atoms with Gasteiger partial charge < -0.3 is 25.1 Å². The Hall–Kier alpha value is -5.16. The molecule has 0 bridgehead atoms. The van der Waals surface area contributed by atoms with Crippen LogP contribution in [0.3, 0.4) is 0 Å². The van der Waals surface area contributed by atoms with Gasteiger partial charge in [-0.25, -0.2) is 14.4 Å². The first-order chi connectivity index (χ1) is 20.2. The van der Waals surface area contributed by atoms with Crippen molar-refractivity contribution in [3.63, 3.8) is 0 Å². The molecule has 1 atom stereocenters. The highest BCUT2D eigenvalue weighted by Gasteiger charge is 2.18. The van der Waals surface area contributed by atoms with Gasteiger partial charge in [-0.2, -0.15) is 0 Å². The van der Waals surface area contributed by atoms with Crippen LogP contribution in [0, 0.1) is 12.7 Å². The minimum absolute atomic E-state index is 0.0495. The van der Waals surface area contributed by atoms with Crippen molar-refractivity contribution in [2.45, 2.75) is 26.4 Å². The fourth-order valence-electron chi connectivity index (χ4n) is 4.71. The van der Waals surface area contributed by atoms with Gasteiger partial charge >= 0.3 is 0 Å². The third kappa shape index (κ3) is 5.68.